The number of carbonyl (C=O) groups is 1. The summed E-state index contributed by atoms with van der Waals surface area (Å²) in [5.41, 5.74) is 2.66. The number of halogens is 2. The van der Waals surface area contributed by atoms with Crippen LogP contribution in [-0.2, 0) is 6.42 Å². The Kier molecular flexibility index (Phi) is 5.13. The maximum absolute atomic E-state index is 13.3. The first-order valence-corrected chi connectivity index (χ1v) is 10.2. The van der Waals surface area contributed by atoms with Gasteiger partial charge in [0.1, 0.15) is 5.75 Å². The fourth-order valence-corrected chi connectivity index (χ4v) is 4.91. The number of rotatable bonds is 3. The molecular formula is C21H17Cl2NO2S. The lowest BCUT2D eigenvalue weighted by molar-refractivity contribution is 0.0696. The average molecular weight is 418 g/mol. The molecule has 1 aromatic heterocycles. The van der Waals surface area contributed by atoms with E-state index in [1.54, 1.807) is 48.8 Å². The lowest BCUT2D eigenvalue weighted by Gasteiger charge is -2.37. The molecule has 1 aliphatic rings. The normalized spacial score (nSPS) is 16.1. The molecule has 6 heteroatoms. The first-order valence-electron chi connectivity index (χ1n) is 8.54. The smallest absolute Gasteiger partial charge is 0.254 e. The molecular weight excluding hydrogens is 401 g/mol. The number of methoxy groups -OCH3 is 1. The van der Waals surface area contributed by atoms with Crippen LogP contribution < -0.4 is 4.74 Å². The van der Waals surface area contributed by atoms with E-state index in [4.69, 9.17) is 27.9 Å². The van der Waals surface area contributed by atoms with Crippen LogP contribution in [0.4, 0.5) is 0 Å². The highest BCUT2D eigenvalue weighted by Gasteiger charge is 2.34. The van der Waals surface area contributed by atoms with E-state index >= 15 is 0 Å². The van der Waals surface area contributed by atoms with Crippen molar-refractivity contribution in [1.29, 1.82) is 0 Å². The summed E-state index contributed by atoms with van der Waals surface area (Å²) in [7, 11) is 1.61. The number of nitrogens with zero attached hydrogens (tertiary/aromatic N) is 1. The van der Waals surface area contributed by atoms with Crippen LogP contribution in [0.3, 0.4) is 0 Å². The summed E-state index contributed by atoms with van der Waals surface area (Å²) < 4.78 is 5.19. The highest BCUT2D eigenvalue weighted by atomic mass is 35.5. The maximum atomic E-state index is 13.3. The molecule has 0 N–H and O–H groups in total. The van der Waals surface area contributed by atoms with Gasteiger partial charge < -0.3 is 9.64 Å². The molecule has 4 rings (SSSR count). The Hall–Kier alpha value is -2.01. The number of amides is 1. The van der Waals surface area contributed by atoms with Crippen molar-refractivity contribution in [3.63, 3.8) is 0 Å². The molecule has 0 spiro atoms. The van der Waals surface area contributed by atoms with Crippen LogP contribution in [0.2, 0.25) is 10.0 Å². The molecule has 1 aliphatic heterocycles. The number of ether oxygens (including phenoxy) is 1. The van der Waals surface area contributed by atoms with Crippen molar-refractivity contribution in [1.82, 2.24) is 4.90 Å². The fourth-order valence-electron chi connectivity index (χ4n) is 3.49. The predicted octanol–water partition coefficient (Wildman–Crippen LogP) is 5.85. The summed E-state index contributed by atoms with van der Waals surface area (Å²) in [6, 6.07) is 14.5. The van der Waals surface area contributed by atoms with Gasteiger partial charge in [0.05, 0.1) is 13.2 Å². The highest BCUT2D eigenvalue weighted by molar-refractivity contribution is 7.10. The predicted molar refractivity (Wildman–Crippen MR) is 110 cm³/mol. The van der Waals surface area contributed by atoms with Gasteiger partial charge in [-0.1, -0.05) is 29.3 Å². The van der Waals surface area contributed by atoms with Gasteiger partial charge in [0.15, 0.2) is 0 Å². The van der Waals surface area contributed by atoms with E-state index in [1.165, 1.54) is 4.88 Å². The van der Waals surface area contributed by atoms with E-state index in [9.17, 15) is 4.79 Å². The Morgan fingerprint density at radius 1 is 1.11 bits per heavy atom. The first-order chi connectivity index (χ1) is 13.1. The molecule has 1 amide bonds. The second kappa shape index (κ2) is 7.55. The largest absolute Gasteiger partial charge is 0.497 e. The molecule has 0 radical (unpaired) electrons. The molecule has 3 aromatic rings. The molecule has 0 aliphatic carbocycles. The number of thiophene rings is 1. The average Bonchev–Trinajstić information content (AvgIpc) is 3.16. The van der Waals surface area contributed by atoms with Gasteiger partial charge in [-0.2, -0.15) is 0 Å². The Labute approximate surface area is 172 Å². The van der Waals surface area contributed by atoms with Gasteiger partial charge in [0.2, 0.25) is 0 Å². The topological polar surface area (TPSA) is 29.5 Å². The van der Waals surface area contributed by atoms with E-state index in [-0.39, 0.29) is 11.9 Å². The summed E-state index contributed by atoms with van der Waals surface area (Å²) in [4.78, 5) is 16.5. The van der Waals surface area contributed by atoms with Crippen LogP contribution >= 0.6 is 34.5 Å². The third-order valence-electron chi connectivity index (χ3n) is 4.82. The van der Waals surface area contributed by atoms with Gasteiger partial charge in [-0.3, -0.25) is 4.79 Å². The second-order valence-corrected chi connectivity index (χ2v) is 8.19. The van der Waals surface area contributed by atoms with E-state index < -0.39 is 0 Å². The summed E-state index contributed by atoms with van der Waals surface area (Å²) >= 11 is 14.3. The molecule has 0 fully saturated rings. The summed E-state index contributed by atoms with van der Waals surface area (Å²) in [5.74, 6) is 0.702. The molecule has 0 saturated carbocycles. The van der Waals surface area contributed by atoms with Crippen molar-refractivity contribution in [2.45, 2.75) is 12.5 Å². The zero-order valence-electron chi connectivity index (χ0n) is 14.6. The first kappa shape index (κ1) is 18.4. The van der Waals surface area contributed by atoms with Gasteiger partial charge >= 0.3 is 0 Å². The molecule has 2 heterocycles. The molecule has 1 unspecified atom stereocenters. The van der Waals surface area contributed by atoms with Crippen molar-refractivity contribution in [3.8, 4) is 5.75 Å². The monoisotopic (exact) mass is 417 g/mol. The Balaban J connectivity index is 1.77. The SMILES string of the molecule is COc1ccc(C(=O)N2CCc3sccc3C2c2ccc(Cl)cc2Cl)cc1. The minimum absolute atomic E-state index is 0.0227. The van der Waals surface area contributed by atoms with E-state index in [1.807, 2.05) is 17.0 Å². The second-order valence-electron chi connectivity index (χ2n) is 6.34. The highest BCUT2D eigenvalue weighted by Crippen LogP contribution is 2.41. The molecule has 2 aromatic carbocycles. The number of benzene rings is 2. The standard InChI is InChI=1S/C21H17Cl2NO2S/c1-26-15-5-2-13(3-6-15)21(25)24-10-8-19-17(9-11-27-19)20(24)16-7-4-14(22)12-18(16)23/h2-7,9,11-12,20H,8,10H2,1H3. The minimum Gasteiger partial charge on any atom is -0.497 e. The van der Waals surface area contributed by atoms with Gasteiger partial charge in [-0.15, -0.1) is 11.3 Å². The van der Waals surface area contributed by atoms with Crippen LogP contribution in [-0.4, -0.2) is 24.5 Å². The van der Waals surface area contributed by atoms with Gasteiger partial charge in [-0.05, 0) is 65.4 Å². The van der Waals surface area contributed by atoms with E-state index in [2.05, 4.69) is 11.4 Å². The van der Waals surface area contributed by atoms with Crippen molar-refractivity contribution >= 4 is 40.4 Å². The lowest BCUT2D eigenvalue weighted by Crippen LogP contribution is -2.40. The maximum Gasteiger partial charge on any atom is 0.254 e. The van der Waals surface area contributed by atoms with Gasteiger partial charge in [-0.25, -0.2) is 0 Å². The molecule has 1 atom stereocenters. The van der Waals surface area contributed by atoms with Gasteiger partial charge in [0, 0.05) is 27.0 Å². The number of fused-ring (bicyclic) bond motifs is 1. The fraction of sp³-hybridized carbons (Fsp3) is 0.190. The van der Waals surface area contributed by atoms with Crippen molar-refractivity contribution in [2.24, 2.45) is 0 Å². The molecule has 27 heavy (non-hydrogen) atoms. The van der Waals surface area contributed by atoms with Gasteiger partial charge in [0.25, 0.3) is 5.91 Å². The third-order valence-corrected chi connectivity index (χ3v) is 6.38. The molecule has 3 nitrogen and oxygen atoms in total. The third kappa shape index (κ3) is 3.45. The Bertz CT molecular complexity index is 984. The van der Waals surface area contributed by atoms with Crippen LogP contribution in [0, 0.1) is 0 Å². The van der Waals surface area contributed by atoms with Crippen LogP contribution in [0.1, 0.15) is 32.4 Å². The van der Waals surface area contributed by atoms with Crippen LogP contribution in [0.5, 0.6) is 5.75 Å². The Morgan fingerprint density at radius 3 is 2.59 bits per heavy atom. The number of hydrogen-bond acceptors (Lipinski definition) is 3. The quantitative estimate of drug-likeness (QED) is 0.534. The minimum atomic E-state index is -0.223. The van der Waals surface area contributed by atoms with Crippen molar-refractivity contribution in [2.75, 3.05) is 13.7 Å². The molecule has 0 bridgehead atoms. The van der Waals surface area contributed by atoms with Crippen LogP contribution in [0.25, 0.3) is 0 Å². The lowest BCUT2D eigenvalue weighted by atomic mass is 9.92. The molecule has 138 valence electrons. The van der Waals surface area contributed by atoms with Crippen LogP contribution in [0.15, 0.2) is 53.9 Å². The molecule has 0 saturated heterocycles. The summed E-state index contributed by atoms with van der Waals surface area (Å²) in [6.45, 7) is 0.641. The van der Waals surface area contributed by atoms with E-state index in [0.717, 1.165) is 23.3 Å². The zero-order valence-corrected chi connectivity index (χ0v) is 16.9. The van der Waals surface area contributed by atoms with Crippen molar-refractivity contribution in [3.05, 3.63) is 85.5 Å². The van der Waals surface area contributed by atoms with E-state index in [0.29, 0.717) is 22.2 Å². The Morgan fingerprint density at radius 2 is 1.89 bits per heavy atom. The van der Waals surface area contributed by atoms with Crippen molar-refractivity contribution < 1.29 is 9.53 Å². The summed E-state index contributed by atoms with van der Waals surface area (Å²) in [5, 5.41) is 3.22. The number of hydrogen-bond donors (Lipinski definition) is 0. The number of carbonyl (C=O) groups excluding carboxylic acids is 1. The summed E-state index contributed by atoms with van der Waals surface area (Å²) in [6.07, 6.45) is 0.844. The zero-order chi connectivity index (χ0) is 19.0.